The standard InChI is InChI=1S/C12H14Cl2N2O4S/c13-9-3-1-2-4-11(9)15-21(19,20)8-5-6-10(14)12(7-8)16(17)18/h5-7,9,11,15H,1-4H2. The van der Waals surface area contributed by atoms with Crippen molar-refractivity contribution >= 4 is 38.9 Å². The molecule has 1 N–H and O–H groups in total. The number of rotatable bonds is 4. The van der Waals surface area contributed by atoms with Crippen molar-refractivity contribution in [3.05, 3.63) is 33.3 Å². The molecule has 116 valence electrons. The van der Waals surface area contributed by atoms with E-state index in [1.807, 2.05) is 0 Å². The quantitative estimate of drug-likeness (QED) is 0.512. The van der Waals surface area contributed by atoms with E-state index in [2.05, 4.69) is 4.72 Å². The van der Waals surface area contributed by atoms with Crippen molar-refractivity contribution in [3.63, 3.8) is 0 Å². The summed E-state index contributed by atoms with van der Waals surface area (Å²) in [6.45, 7) is 0. The molecule has 9 heteroatoms. The van der Waals surface area contributed by atoms with E-state index in [4.69, 9.17) is 23.2 Å². The number of nitrogens with zero attached hydrogens (tertiary/aromatic N) is 1. The van der Waals surface area contributed by atoms with Gasteiger partial charge in [0.15, 0.2) is 0 Å². The molecule has 6 nitrogen and oxygen atoms in total. The molecule has 2 rings (SSSR count). The number of benzene rings is 1. The zero-order chi connectivity index (χ0) is 15.6. The van der Waals surface area contributed by atoms with Gasteiger partial charge < -0.3 is 0 Å². The first-order valence-electron chi connectivity index (χ1n) is 6.41. The van der Waals surface area contributed by atoms with Crippen LogP contribution in [0.2, 0.25) is 5.02 Å². The van der Waals surface area contributed by atoms with Gasteiger partial charge in [-0.15, -0.1) is 11.6 Å². The second-order valence-corrected chi connectivity index (χ2v) is 7.58. The van der Waals surface area contributed by atoms with Crippen molar-refractivity contribution in [3.8, 4) is 0 Å². The predicted octanol–water partition coefficient (Wildman–Crippen LogP) is 3.08. The van der Waals surface area contributed by atoms with Gasteiger partial charge in [-0.3, -0.25) is 10.1 Å². The molecule has 1 saturated carbocycles. The van der Waals surface area contributed by atoms with Crippen LogP contribution in [0.1, 0.15) is 25.7 Å². The fourth-order valence-electron chi connectivity index (χ4n) is 2.29. The lowest BCUT2D eigenvalue weighted by molar-refractivity contribution is -0.384. The summed E-state index contributed by atoms with van der Waals surface area (Å²) in [6.07, 6.45) is 3.27. The Kier molecular flexibility index (Phi) is 5.08. The first kappa shape index (κ1) is 16.5. The average Bonchev–Trinajstić information content (AvgIpc) is 2.41. The van der Waals surface area contributed by atoms with Crippen molar-refractivity contribution < 1.29 is 13.3 Å². The number of alkyl halides is 1. The highest BCUT2D eigenvalue weighted by molar-refractivity contribution is 7.89. The molecule has 1 aromatic carbocycles. The minimum Gasteiger partial charge on any atom is -0.258 e. The largest absolute Gasteiger partial charge is 0.289 e. The van der Waals surface area contributed by atoms with E-state index in [0.29, 0.717) is 6.42 Å². The Labute approximate surface area is 132 Å². The second kappa shape index (κ2) is 6.48. The molecule has 1 aromatic rings. The lowest BCUT2D eigenvalue weighted by atomic mass is 9.96. The summed E-state index contributed by atoms with van der Waals surface area (Å²) in [5, 5.41) is 10.5. The number of nitro groups is 1. The summed E-state index contributed by atoms with van der Waals surface area (Å²) in [5.41, 5.74) is -0.439. The zero-order valence-corrected chi connectivity index (χ0v) is 13.3. The molecule has 21 heavy (non-hydrogen) atoms. The van der Waals surface area contributed by atoms with Crippen LogP contribution in [0.15, 0.2) is 23.1 Å². The summed E-state index contributed by atoms with van der Waals surface area (Å²) >= 11 is 11.8. The Bertz CT molecular complexity index is 651. The van der Waals surface area contributed by atoms with Crippen LogP contribution in [-0.2, 0) is 10.0 Å². The predicted molar refractivity (Wildman–Crippen MR) is 80.3 cm³/mol. The van der Waals surface area contributed by atoms with Gasteiger partial charge in [0, 0.05) is 17.5 Å². The Hall–Kier alpha value is -0.890. The third-order valence-corrected chi connectivity index (χ3v) is 5.74. The van der Waals surface area contributed by atoms with Gasteiger partial charge in [0.05, 0.1) is 9.82 Å². The number of halogens is 2. The van der Waals surface area contributed by atoms with Crippen LogP contribution >= 0.6 is 23.2 Å². The highest BCUT2D eigenvalue weighted by Crippen LogP contribution is 2.28. The highest BCUT2D eigenvalue weighted by Gasteiger charge is 2.29. The summed E-state index contributed by atoms with van der Waals surface area (Å²) in [5.74, 6) is 0. The van der Waals surface area contributed by atoms with Crippen LogP contribution in [0.3, 0.4) is 0 Å². The summed E-state index contributed by atoms with van der Waals surface area (Å²) < 4.78 is 27.1. The molecule has 0 spiro atoms. The number of nitro benzene ring substituents is 1. The van der Waals surface area contributed by atoms with Gasteiger partial charge >= 0.3 is 0 Å². The van der Waals surface area contributed by atoms with Crippen molar-refractivity contribution in [2.24, 2.45) is 0 Å². The third kappa shape index (κ3) is 3.85. The van der Waals surface area contributed by atoms with Gasteiger partial charge in [0.1, 0.15) is 5.02 Å². The van der Waals surface area contributed by atoms with Gasteiger partial charge in [0.25, 0.3) is 5.69 Å². The second-order valence-electron chi connectivity index (χ2n) is 4.90. The van der Waals surface area contributed by atoms with Crippen LogP contribution in [0.5, 0.6) is 0 Å². The topological polar surface area (TPSA) is 89.3 Å². The Balaban J connectivity index is 2.27. The monoisotopic (exact) mass is 352 g/mol. The molecule has 1 aliphatic rings. The van der Waals surface area contributed by atoms with Gasteiger partial charge in [-0.2, -0.15) is 0 Å². The molecule has 1 aliphatic carbocycles. The van der Waals surface area contributed by atoms with Crippen molar-refractivity contribution in [1.82, 2.24) is 4.72 Å². The van der Waals surface area contributed by atoms with Crippen molar-refractivity contribution in [2.45, 2.75) is 42.0 Å². The van der Waals surface area contributed by atoms with Gasteiger partial charge in [-0.25, -0.2) is 13.1 Å². The number of hydrogen-bond donors (Lipinski definition) is 1. The van der Waals surface area contributed by atoms with E-state index in [0.717, 1.165) is 25.3 Å². The lowest BCUT2D eigenvalue weighted by Gasteiger charge is -2.27. The summed E-state index contributed by atoms with van der Waals surface area (Å²) in [6, 6.07) is 3.04. The number of hydrogen-bond acceptors (Lipinski definition) is 4. The number of sulfonamides is 1. The van der Waals surface area contributed by atoms with Gasteiger partial charge in [0.2, 0.25) is 10.0 Å². The smallest absolute Gasteiger partial charge is 0.258 e. The van der Waals surface area contributed by atoms with Crippen molar-refractivity contribution in [1.29, 1.82) is 0 Å². The molecule has 2 unspecified atom stereocenters. The summed E-state index contributed by atoms with van der Waals surface area (Å²) in [7, 11) is -3.86. The molecule has 0 radical (unpaired) electrons. The minimum absolute atomic E-state index is 0.105. The van der Waals surface area contributed by atoms with E-state index >= 15 is 0 Å². The maximum Gasteiger partial charge on any atom is 0.289 e. The van der Waals surface area contributed by atoms with E-state index in [9.17, 15) is 18.5 Å². The molecule has 0 saturated heterocycles. The lowest BCUT2D eigenvalue weighted by Crippen LogP contribution is -2.42. The molecule has 0 heterocycles. The van der Waals surface area contributed by atoms with Crippen LogP contribution in [-0.4, -0.2) is 24.8 Å². The van der Waals surface area contributed by atoms with Crippen LogP contribution in [0.4, 0.5) is 5.69 Å². The molecular weight excluding hydrogens is 339 g/mol. The van der Waals surface area contributed by atoms with Crippen LogP contribution < -0.4 is 4.72 Å². The Morgan fingerprint density at radius 1 is 1.29 bits per heavy atom. The van der Waals surface area contributed by atoms with Crippen LogP contribution in [0, 0.1) is 10.1 Å². The maximum absolute atomic E-state index is 12.3. The Morgan fingerprint density at radius 2 is 1.95 bits per heavy atom. The van der Waals surface area contributed by atoms with Crippen LogP contribution in [0.25, 0.3) is 0 Å². The van der Waals surface area contributed by atoms with E-state index in [1.165, 1.54) is 12.1 Å². The first-order chi connectivity index (χ1) is 9.81. The molecule has 2 atom stereocenters. The normalized spacial score (nSPS) is 23.0. The third-order valence-electron chi connectivity index (χ3n) is 3.41. The zero-order valence-electron chi connectivity index (χ0n) is 11.0. The average molecular weight is 353 g/mol. The fraction of sp³-hybridized carbons (Fsp3) is 0.500. The molecule has 0 aliphatic heterocycles. The SMILES string of the molecule is O=[N+]([O-])c1cc(S(=O)(=O)NC2CCCCC2Cl)ccc1Cl. The first-order valence-corrected chi connectivity index (χ1v) is 8.71. The highest BCUT2D eigenvalue weighted by atomic mass is 35.5. The Morgan fingerprint density at radius 3 is 2.57 bits per heavy atom. The fourth-order valence-corrected chi connectivity index (χ4v) is 4.22. The summed E-state index contributed by atoms with van der Waals surface area (Å²) in [4.78, 5) is 9.92. The van der Waals surface area contributed by atoms with Gasteiger partial charge in [-0.05, 0) is 25.0 Å². The molecular formula is C12H14Cl2N2O4S. The maximum atomic E-state index is 12.3. The van der Waals surface area contributed by atoms with Gasteiger partial charge in [-0.1, -0.05) is 24.4 Å². The molecule has 1 fully saturated rings. The minimum atomic E-state index is -3.86. The van der Waals surface area contributed by atoms with Crippen molar-refractivity contribution in [2.75, 3.05) is 0 Å². The molecule has 0 bridgehead atoms. The molecule has 0 aromatic heterocycles. The van der Waals surface area contributed by atoms with E-state index < -0.39 is 20.6 Å². The molecule has 0 amide bonds. The number of nitrogens with one attached hydrogen (secondary N) is 1. The van der Waals surface area contributed by atoms with E-state index in [1.54, 1.807) is 0 Å². The van der Waals surface area contributed by atoms with E-state index in [-0.39, 0.29) is 21.3 Å².